The lowest BCUT2D eigenvalue weighted by Crippen LogP contribution is -2.11. The number of rotatable bonds is 2. The molecule has 0 saturated heterocycles. The van der Waals surface area contributed by atoms with E-state index in [0.29, 0.717) is 0 Å². The third kappa shape index (κ3) is 2.09. The molecule has 0 amide bonds. The van der Waals surface area contributed by atoms with Crippen molar-refractivity contribution in [1.29, 1.82) is 0 Å². The lowest BCUT2D eigenvalue weighted by molar-refractivity contribution is 0.552. The highest BCUT2D eigenvalue weighted by atomic mass is 32.2. The first-order chi connectivity index (χ1) is 4.58. The van der Waals surface area contributed by atoms with Crippen molar-refractivity contribution < 1.29 is 8.42 Å². The van der Waals surface area contributed by atoms with E-state index >= 15 is 0 Å². The average Bonchev–Trinajstić information content (AvgIpc) is 2.12. The second-order valence-electron chi connectivity index (χ2n) is 1.86. The molecule has 0 atom stereocenters. The minimum absolute atomic E-state index is 0.215. The van der Waals surface area contributed by atoms with Gasteiger partial charge >= 0.3 is 0 Å². The van der Waals surface area contributed by atoms with Crippen LogP contribution in [0.15, 0.2) is 6.33 Å². The predicted molar refractivity (Wildman–Crippen MR) is 32.7 cm³/mol. The molecule has 1 rings (SSSR count). The van der Waals surface area contributed by atoms with Crippen molar-refractivity contribution in [1.82, 2.24) is 20.2 Å². The second kappa shape index (κ2) is 2.33. The van der Waals surface area contributed by atoms with Gasteiger partial charge in [0.05, 0.1) is 0 Å². The highest BCUT2D eigenvalue weighted by Gasteiger charge is 2.03. The highest BCUT2D eigenvalue weighted by molar-refractivity contribution is 7.89. The van der Waals surface area contributed by atoms with Crippen molar-refractivity contribution >= 4 is 9.84 Å². The van der Waals surface area contributed by atoms with Gasteiger partial charge in [-0.1, -0.05) is 0 Å². The molecular weight excluding hydrogens is 156 g/mol. The van der Waals surface area contributed by atoms with Gasteiger partial charge in [-0.25, -0.2) is 8.42 Å². The maximum atomic E-state index is 10.6. The summed E-state index contributed by atoms with van der Waals surface area (Å²) in [7, 11) is -3.05. The van der Waals surface area contributed by atoms with Crippen LogP contribution in [0.1, 0.15) is 0 Å². The minimum Gasteiger partial charge on any atom is -0.227 e. The first-order valence-electron chi connectivity index (χ1n) is 2.46. The molecule has 0 aliphatic carbocycles. The van der Waals surface area contributed by atoms with E-state index in [-0.39, 0.29) is 5.88 Å². The Morgan fingerprint density at radius 2 is 2.30 bits per heavy atom. The Kier molecular flexibility index (Phi) is 1.66. The molecule has 1 heterocycles. The standard InChI is InChI=1S/C3H6N4O2S/c1-10(8,9)3-7-5-2-4-6-7/h2H,3H2,1H3. The van der Waals surface area contributed by atoms with E-state index in [1.807, 2.05) is 0 Å². The third-order valence-corrected chi connectivity index (χ3v) is 1.44. The van der Waals surface area contributed by atoms with Crippen LogP contribution in [0.2, 0.25) is 0 Å². The molecule has 1 aromatic heterocycles. The van der Waals surface area contributed by atoms with E-state index in [2.05, 4.69) is 15.4 Å². The number of tetrazole rings is 1. The quantitative estimate of drug-likeness (QED) is 0.538. The molecule has 0 aliphatic rings. The van der Waals surface area contributed by atoms with Crippen molar-refractivity contribution in [3.63, 3.8) is 0 Å². The fraction of sp³-hybridized carbons (Fsp3) is 0.667. The maximum Gasteiger partial charge on any atom is 0.169 e. The Balaban J connectivity index is 2.75. The van der Waals surface area contributed by atoms with Gasteiger partial charge in [0.15, 0.2) is 22.0 Å². The summed E-state index contributed by atoms with van der Waals surface area (Å²) in [6.45, 7) is 0. The topological polar surface area (TPSA) is 77.7 Å². The summed E-state index contributed by atoms with van der Waals surface area (Å²) in [5.74, 6) is -0.215. The van der Waals surface area contributed by atoms with E-state index in [1.165, 1.54) is 6.33 Å². The summed E-state index contributed by atoms with van der Waals surface area (Å²) in [4.78, 5) is 1.01. The molecule has 0 saturated carbocycles. The Bertz CT molecular complexity index is 288. The van der Waals surface area contributed by atoms with Gasteiger partial charge in [-0.2, -0.15) is 0 Å². The van der Waals surface area contributed by atoms with Gasteiger partial charge in [-0.15, -0.1) is 15.0 Å². The van der Waals surface area contributed by atoms with Gasteiger partial charge in [0.25, 0.3) is 0 Å². The summed E-state index contributed by atoms with van der Waals surface area (Å²) >= 11 is 0. The first kappa shape index (κ1) is 7.13. The fourth-order valence-corrected chi connectivity index (χ4v) is 0.995. The van der Waals surface area contributed by atoms with Gasteiger partial charge in [-0.3, -0.25) is 0 Å². The molecule has 0 N–H and O–H groups in total. The number of aromatic nitrogens is 4. The molecule has 0 bridgehead atoms. The molecule has 10 heavy (non-hydrogen) atoms. The van der Waals surface area contributed by atoms with Crippen LogP contribution in [0.3, 0.4) is 0 Å². The molecule has 56 valence electrons. The smallest absolute Gasteiger partial charge is 0.169 e. The van der Waals surface area contributed by atoms with Gasteiger partial charge in [0.1, 0.15) is 0 Å². The predicted octanol–water partition coefficient (Wildman–Crippen LogP) is -1.32. The molecule has 0 radical (unpaired) electrons. The van der Waals surface area contributed by atoms with Crippen LogP contribution in [0.25, 0.3) is 0 Å². The third-order valence-electron chi connectivity index (χ3n) is 0.741. The van der Waals surface area contributed by atoms with Crippen LogP contribution in [-0.4, -0.2) is 34.9 Å². The summed E-state index contributed by atoms with van der Waals surface area (Å²) < 4.78 is 21.1. The number of hydrogen-bond donors (Lipinski definition) is 0. The van der Waals surface area contributed by atoms with Gasteiger partial charge in [0.2, 0.25) is 0 Å². The fourth-order valence-electron chi connectivity index (χ4n) is 0.457. The Hall–Kier alpha value is -0.980. The van der Waals surface area contributed by atoms with E-state index in [0.717, 1.165) is 11.1 Å². The Morgan fingerprint density at radius 3 is 2.70 bits per heavy atom. The second-order valence-corrected chi connectivity index (χ2v) is 3.97. The van der Waals surface area contributed by atoms with Gasteiger partial charge < -0.3 is 0 Å². The molecule has 7 heteroatoms. The van der Waals surface area contributed by atoms with E-state index in [9.17, 15) is 8.42 Å². The van der Waals surface area contributed by atoms with Crippen molar-refractivity contribution in [2.24, 2.45) is 0 Å². The van der Waals surface area contributed by atoms with E-state index in [1.54, 1.807) is 0 Å². The SMILES string of the molecule is CS(=O)(=O)Cn1ncnn1. The summed E-state index contributed by atoms with van der Waals surface area (Å²) in [5.41, 5.74) is 0. The zero-order valence-corrected chi connectivity index (χ0v) is 6.11. The summed E-state index contributed by atoms with van der Waals surface area (Å²) in [6, 6.07) is 0. The monoisotopic (exact) mass is 162 g/mol. The Morgan fingerprint density at radius 1 is 1.60 bits per heavy atom. The summed E-state index contributed by atoms with van der Waals surface area (Å²) in [6.07, 6.45) is 2.29. The lowest BCUT2D eigenvalue weighted by Gasteiger charge is -1.92. The summed E-state index contributed by atoms with van der Waals surface area (Å²) in [5, 5.41) is 10.2. The van der Waals surface area contributed by atoms with Crippen LogP contribution < -0.4 is 0 Å². The Labute approximate surface area is 57.8 Å². The average molecular weight is 162 g/mol. The van der Waals surface area contributed by atoms with Crippen molar-refractivity contribution in [3.8, 4) is 0 Å². The molecule has 0 aliphatic heterocycles. The number of hydrogen-bond acceptors (Lipinski definition) is 5. The number of nitrogens with zero attached hydrogens (tertiary/aromatic N) is 4. The maximum absolute atomic E-state index is 10.6. The number of sulfone groups is 1. The first-order valence-corrected chi connectivity index (χ1v) is 4.52. The zero-order valence-electron chi connectivity index (χ0n) is 5.30. The lowest BCUT2D eigenvalue weighted by atomic mass is 11.4. The zero-order chi connectivity index (χ0) is 7.61. The van der Waals surface area contributed by atoms with E-state index in [4.69, 9.17) is 0 Å². The largest absolute Gasteiger partial charge is 0.227 e. The molecule has 0 fully saturated rings. The minimum atomic E-state index is -3.05. The van der Waals surface area contributed by atoms with Crippen molar-refractivity contribution in [3.05, 3.63) is 6.33 Å². The van der Waals surface area contributed by atoms with Gasteiger partial charge in [-0.05, 0) is 5.21 Å². The van der Waals surface area contributed by atoms with E-state index < -0.39 is 9.84 Å². The van der Waals surface area contributed by atoms with Crippen LogP contribution in [-0.2, 0) is 15.7 Å². The van der Waals surface area contributed by atoms with Crippen LogP contribution in [0.4, 0.5) is 0 Å². The molecule has 6 nitrogen and oxygen atoms in total. The highest BCUT2D eigenvalue weighted by Crippen LogP contribution is 1.84. The molecule has 1 aromatic rings. The van der Waals surface area contributed by atoms with Crippen LogP contribution >= 0.6 is 0 Å². The molecule has 0 unspecified atom stereocenters. The molecule has 0 aromatic carbocycles. The van der Waals surface area contributed by atoms with Crippen LogP contribution in [0.5, 0.6) is 0 Å². The molecular formula is C3H6N4O2S. The normalized spacial score (nSPS) is 11.7. The molecule has 0 spiro atoms. The van der Waals surface area contributed by atoms with Crippen molar-refractivity contribution in [2.75, 3.05) is 6.26 Å². The van der Waals surface area contributed by atoms with Crippen molar-refractivity contribution in [2.45, 2.75) is 5.88 Å². The van der Waals surface area contributed by atoms with Crippen LogP contribution in [0, 0.1) is 0 Å². The van der Waals surface area contributed by atoms with Gasteiger partial charge in [0, 0.05) is 6.26 Å².